The van der Waals surface area contributed by atoms with E-state index in [1.807, 2.05) is 33.4 Å². The Hall–Kier alpha value is -2.96. The Bertz CT molecular complexity index is 997. The zero-order chi connectivity index (χ0) is 18.3. The first-order valence-corrected chi connectivity index (χ1v) is 8.84. The Morgan fingerprint density at radius 2 is 2.08 bits per heavy atom. The molecule has 0 atom stereocenters. The van der Waals surface area contributed by atoms with Crippen LogP contribution < -0.4 is 0 Å². The maximum atomic E-state index is 12.9. The van der Waals surface area contributed by atoms with Crippen molar-refractivity contribution in [3.63, 3.8) is 0 Å². The van der Waals surface area contributed by atoms with Crippen molar-refractivity contribution >= 4 is 22.5 Å². The molecule has 1 amide bonds. The van der Waals surface area contributed by atoms with Crippen LogP contribution in [0.3, 0.4) is 0 Å². The van der Waals surface area contributed by atoms with Crippen molar-refractivity contribution in [2.75, 3.05) is 13.1 Å². The first kappa shape index (κ1) is 16.5. The van der Waals surface area contributed by atoms with Crippen molar-refractivity contribution in [1.29, 1.82) is 0 Å². The number of hydrogen-bond donors (Lipinski definition) is 0. The molecule has 4 heterocycles. The van der Waals surface area contributed by atoms with Crippen LogP contribution in [0, 0.1) is 0 Å². The summed E-state index contributed by atoms with van der Waals surface area (Å²) in [5, 5.41) is 9.48. The average molecular weight is 350 g/mol. The van der Waals surface area contributed by atoms with E-state index in [0.29, 0.717) is 18.7 Å². The molecule has 0 spiro atoms. The smallest absolute Gasteiger partial charge is 0.255 e. The van der Waals surface area contributed by atoms with Crippen molar-refractivity contribution in [3.8, 4) is 0 Å². The number of fused-ring (bicyclic) bond motifs is 1. The monoisotopic (exact) mass is 350 g/mol. The molecule has 0 unspecified atom stereocenters. The quantitative estimate of drug-likeness (QED) is 0.728. The molecule has 7 nitrogen and oxygen atoms in total. The predicted octanol–water partition coefficient (Wildman–Crippen LogP) is 2.68. The minimum Gasteiger partial charge on any atom is -0.335 e. The standard InChI is InChI=1S/C19H22N6O/c1-13(2)25-18-15(12-22-25)10-16(11-20-18)19(26)24-8-5-14(6-9-24)17-4-7-21-23(17)3/h4-5,7,10-13H,6,8-9H2,1-3H3. The third-order valence-corrected chi connectivity index (χ3v) is 4.82. The van der Waals surface area contributed by atoms with Crippen LogP contribution >= 0.6 is 0 Å². The lowest BCUT2D eigenvalue weighted by Gasteiger charge is -2.26. The molecule has 0 saturated carbocycles. The number of aromatic nitrogens is 5. The molecule has 26 heavy (non-hydrogen) atoms. The lowest BCUT2D eigenvalue weighted by molar-refractivity contribution is 0.0772. The molecule has 0 bridgehead atoms. The average Bonchev–Trinajstić information content (AvgIpc) is 3.26. The van der Waals surface area contributed by atoms with Crippen LogP contribution in [0.25, 0.3) is 16.6 Å². The zero-order valence-corrected chi connectivity index (χ0v) is 15.3. The van der Waals surface area contributed by atoms with Gasteiger partial charge in [-0.2, -0.15) is 10.2 Å². The number of hydrogen-bond acceptors (Lipinski definition) is 4. The fourth-order valence-electron chi connectivity index (χ4n) is 3.39. The first-order chi connectivity index (χ1) is 12.5. The highest BCUT2D eigenvalue weighted by molar-refractivity contribution is 5.97. The van der Waals surface area contributed by atoms with Gasteiger partial charge in [-0.3, -0.25) is 9.48 Å². The molecule has 0 aromatic carbocycles. The van der Waals surface area contributed by atoms with E-state index in [2.05, 4.69) is 35.1 Å². The van der Waals surface area contributed by atoms with E-state index in [0.717, 1.165) is 23.1 Å². The first-order valence-electron chi connectivity index (χ1n) is 8.84. The summed E-state index contributed by atoms with van der Waals surface area (Å²) in [6.45, 7) is 5.42. The van der Waals surface area contributed by atoms with Crippen LogP contribution in [0.4, 0.5) is 0 Å². The molecule has 0 radical (unpaired) electrons. The van der Waals surface area contributed by atoms with Crippen LogP contribution in [0.15, 0.2) is 36.8 Å². The maximum Gasteiger partial charge on any atom is 0.255 e. The summed E-state index contributed by atoms with van der Waals surface area (Å²) in [4.78, 5) is 19.2. The summed E-state index contributed by atoms with van der Waals surface area (Å²) < 4.78 is 3.74. The van der Waals surface area contributed by atoms with E-state index in [4.69, 9.17) is 0 Å². The van der Waals surface area contributed by atoms with Gasteiger partial charge in [-0.15, -0.1) is 0 Å². The molecule has 0 aliphatic carbocycles. The maximum absolute atomic E-state index is 12.9. The number of nitrogens with zero attached hydrogens (tertiary/aromatic N) is 6. The van der Waals surface area contributed by atoms with Gasteiger partial charge in [0.2, 0.25) is 0 Å². The summed E-state index contributed by atoms with van der Waals surface area (Å²) in [5.41, 5.74) is 3.77. The summed E-state index contributed by atoms with van der Waals surface area (Å²) in [5.74, 6) is 0.0111. The van der Waals surface area contributed by atoms with E-state index in [1.165, 1.54) is 5.57 Å². The van der Waals surface area contributed by atoms with Gasteiger partial charge in [0.15, 0.2) is 5.65 Å². The summed E-state index contributed by atoms with van der Waals surface area (Å²) >= 11 is 0. The number of amides is 1. The second-order valence-corrected chi connectivity index (χ2v) is 6.89. The second-order valence-electron chi connectivity index (χ2n) is 6.89. The van der Waals surface area contributed by atoms with Gasteiger partial charge in [-0.05, 0) is 38.0 Å². The third kappa shape index (κ3) is 2.79. The van der Waals surface area contributed by atoms with Crippen molar-refractivity contribution in [3.05, 3.63) is 48.1 Å². The van der Waals surface area contributed by atoms with Crippen molar-refractivity contribution in [1.82, 2.24) is 29.4 Å². The van der Waals surface area contributed by atoms with Gasteiger partial charge in [0.05, 0.1) is 17.5 Å². The number of aryl methyl sites for hydroxylation is 1. The lowest BCUT2D eigenvalue weighted by atomic mass is 10.0. The number of rotatable bonds is 3. The predicted molar refractivity (Wildman–Crippen MR) is 99.6 cm³/mol. The Labute approximate surface area is 151 Å². The topological polar surface area (TPSA) is 68.8 Å². The molecule has 0 saturated heterocycles. The molecule has 1 aliphatic heterocycles. The highest BCUT2D eigenvalue weighted by atomic mass is 16.2. The number of carbonyl (C=O) groups excluding carboxylic acids is 1. The summed E-state index contributed by atoms with van der Waals surface area (Å²) in [6.07, 6.45) is 8.17. The third-order valence-electron chi connectivity index (χ3n) is 4.82. The van der Waals surface area contributed by atoms with Gasteiger partial charge >= 0.3 is 0 Å². The van der Waals surface area contributed by atoms with Gasteiger partial charge in [-0.1, -0.05) is 6.08 Å². The van der Waals surface area contributed by atoms with Gasteiger partial charge in [0, 0.05) is 44.0 Å². The summed E-state index contributed by atoms with van der Waals surface area (Å²) in [7, 11) is 1.94. The molecular formula is C19H22N6O. The zero-order valence-electron chi connectivity index (χ0n) is 15.3. The molecule has 1 aliphatic rings. The highest BCUT2D eigenvalue weighted by Crippen LogP contribution is 2.23. The van der Waals surface area contributed by atoms with Crippen LogP contribution in [0.1, 0.15) is 42.4 Å². The number of pyridine rings is 1. The Balaban J connectivity index is 1.54. The van der Waals surface area contributed by atoms with Gasteiger partial charge in [0.25, 0.3) is 5.91 Å². The largest absolute Gasteiger partial charge is 0.335 e. The van der Waals surface area contributed by atoms with Crippen LogP contribution in [0.5, 0.6) is 0 Å². The highest BCUT2D eigenvalue weighted by Gasteiger charge is 2.21. The Kier molecular flexibility index (Phi) is 4.06. The van der Waals surface area contributed by atoms with Crippen molar-refractivity contribution in [2.24, 2.45) is 7.05 Å². The van der Waals surface area contributed by atoms with E-state index in [9.17, 15) is 4.79 Å². The fraction of sp³-hybridized carbons (Fsp3) is 0.368. The van der Waals surface area contributed by atoms with Crippen molar-refractivity contribution in [2.45, 2.75) is 26.3 Å². The normalized spacial score (nSPS) is 14.9. The number of carbonyl (C=O) groups is 1. The van der Waals surface area contributed by atoms with Gasteiger partial charge < -0.3 is 4.90 Å². The van der Waals surface area contributed by atoms with E-state index in [-0.39, 0.29) is 11.9 Å². The molecule has 3 aromatic heterocycles. The minimum atomic E-state index is 0.0111. The molecule has 7 heteroatoms. The molecule has 3 aromatic rings. The van der Waals surface area contributed by atoms with E-state index in [1.54, 1.807) is 18.6 Å². The van der Waals surface area contributed by atoms with Crippen molar-refractivity contribution < 1.29 is 4.79 Å². The fourth-order valence-corrected chi connectivity index (χ4v) is 3.39. The van der Waals surface area contributed by atoms with Crippen LogP contribution in [-0.4, -0.2) is 48.4 Å². The minimum absolute atomic E-state index is 0.0111. The van der Waals surface area contributed by atoms with E-state index < -0.39 is 0 Å². The second kappa shape index (κ2) is 6.40. The molecule has 0 N–H and O–H groups in total. The SMILES string of the molecule is CC(C)n1ncc2cc(C(=O)N3CC=C(c4ccnn4C)CC3)cnc21. The van der Waals surface area contributed by atoms with E-state index >= 15 is 0 Å². The molecular weight excluding hydrogens is 328 g/mol. The van der Waals surface area contributed by atoms with Crippen LogP contribution in [-0.2, 0) is 7.05 Å². The molecule has 134 valence electrons. The van der Waals surface area contributed by atoms with Gasteiger partial charge in [0.1, 0.15) is 0 Å². The lowest BCUT2D eigenvalue weighted by Crippen LogP contribution is -2.34. The molecule has 0 fully saturated rings. The summed E-state index contributed by atoms with van der Waals surface area (Å²) in [6, 6.07) is 4.13. The van der Waals surface area contributed by atoms with Crippen LogP contribution in [0.2, 0.25) is 0 Å². The molecule has 4 rings (SSSR count). The Morgan fingerprint density at radius 1 is 1.23 bits per heavy atom. The van der Waals surface area contributed by atoms with Gasteiger partial charge in [-0.25, -0.2) is 9.67 Å². The Morgan fingerprint density at radius 3 is 2.73 bits per heavy atom.